The third-order valence-electron chi connectivity index (χ3n) is 4.67. The van der Waals surface area contributed by atoms with E-state index >= 15 is 0 Å². The quantitative estimate of drug-likeness (QED) is 0.768. The zero-order valence-electron chi connectivity index (χ0n) is 16.1. The number of aliphatic hydroxyl groups is 1. The van der Waals surface area contributed by atoms with Crippen molar-refractivity contribution in [2.75, 3.05) is 40.5 Å². The molecule has 6 heteroatoms. The van der Waals surface area contributed by atoms with Gasteiger partial charge in [-0.25, -0.2) is 0 Å². The van der Waals surface area contributed by atoms with Crippen LogP contribution in [0.3, 0.4) is 0 Å². The Kier molecular flexibility index (Phi) is 6.42. The molecule has 0 spiro atoms. The minimum Gasteiger partial charge on any atom is -0.496 e. The molecule has 0 aromatic heterocycles. The van der Waals surface area contributed by atoms with Crippen molar-refractivity contribution in [2.24, 2.45) is 0 Å². The molecular formula is C21H27NO5. The van der Waals surface area contributed by atoms with Gasteiger partial charge in [0.25, 0.3) is 0 Å². The first kappa shape index (κ1) is 19.3. The SMILES string of the molecule is CCOc1ccc(OCCN2Cc3c(OC)ccc(OC)c3[C@@H](O)C2)cc1. The van der Waals surface area contributed by atoms with Crippen LogP contribution in [-0.2, 0) is 6.54 Å². The van der Waals surface area contributed by atoms with Gasteiger partial charge >= 0.3 is 0 Å². The highest BCUT2D eigenvalue weighted by molar-refractivity contribution is 5.51. The maximum absolute atomic E-state index is 10.6. The maximum Gasteiger partial charge on any atom is 0.125 e. The van der Waals surface area contributed by atoms with Crippen LogP contribution in [0.4, 0.5) is 0 Å². The molecule has 0 radical (unpaired) electrons. The summed E-state index contributed by atoms with van der Waals surface area (Å²) in [4.78, 5) is 2.16. The Morgan fingerprint density at radius 2 is 1.59 bits per heavy atom. The molecule has 0 amide bonds. The molecule has 0 saturated carbocycles. The normalized spacial score (nSPS) is 16.5. The van der Waals surface area contributed by atoms with Crippen LogP contribution in [0.2, 0.25) is 0 Å². The minimum absolute atomic E-state index is 0.530. The fourth-order valence-electron chi connectivity index (χ4n) is 3.41. The number of fused-ring (bicyclic) bond motifs is 1. The summed E-state index contributed by atoms with van der Waals surface area (Å²) in [5.74, 6) is 3.10. The van der Waals surface area contributed by atoms with E-state index in [1.54, 1.807) is 14.2 Å². The summed E-state index contributed by atoms with van der Waals surface area (Å²) in [6.45, 7) is 5.04. The van der Waals surface area contributed by atoms with Gasteiger partial charge in [0, 0.05) is 30.8 Å². The second-order valence-corrected chi connectivity index (χ2v) is 6.37. The van der Waals surface area contributed by atoms with Crippen molar-refractivity contribution >= 4 is 0 Å². The van der Waals surface area contributed by atoms with Crippen LogP contribution in [0.1, 0.15) is 24.2 Å². The number of β-amino-alcohol motifs (C(OH)–C–C–N with tert-alkyl or cyclic N) is 1. The summed E-state index contributed by atoms with van der Waals surface area (Å²) in [6.07, 6.45) is -0.621. The molecule has 3 rings (SSSR count). The molecule has 1 N–H and O–H groups in total. The van der Waals surface area contributed by atoms with Gasteiger partial charge in [0.2, 0.25) is 0 Å². The molecule has 6 nitrogen and oxygen atoms in total. The van der Waals surface area contributed by atoms with Crippen molar-refractivity contribution in [1.82, 2.24) is 4.90 Å². The first-order chi connectivity index (χ1) is 13.2. The molecular weight excluding hydrogens is 346 g/mol. The molecule has 0 unspecified atom stereocenters. The van der Waals surface area contributed by atoms with Crippen molar-refractivity contribution < 1.29 is 24.1 Å². The Hall–Kier alpha value is -2.44. The highest BCUT2D eigenvalue weighted by Gasteiger charge is 2.29. The molecule has 0 fully saturated rings. The second kappa shape index (κ2) is 8.97. The number of hydrogen-bond acceptors (Lipinski definition) is 6. The third-order valence-corrected chi connectivity index (χ3v) is 4.67. The molecule has 1 aliphatic heterocycles. The van der Waals surface area contributed by atoms with Crippen LogP contribution >= 0.6 is 0 Å². The molecule has 0 aliphatic carbocycles. The standard InChI is InChI=1S/C21H27NO5/c1-4-26-15-5-7-16(8-6-15)27-12-11-22-13-17-19(24-2)9-10-20(25-3)21(17)18(23)14-22/h5-10,18,23H,4,11-14H2,1-3H3/t18-/m0/s1. The number of methoxy groups -OCH3 is 2. The van der Waals surface area contributed by atoms with Crippen LogP contribution in [-0.4, -0.2) is 50.5 Å². The average molecular weight is 373 g/mol. The van der Waals surface area contributed by atoms with Gasteiger partial charge in [0.1, 0.15) is 29.6 Å². The molecule has 1 atom stereocenters. The van der Waals surface area contributed by atoms with E-state index in [2.05, 4.69) is 4.90 Å². The van der Waals surface area contributed by atoms with E-state index in [1.807, 2.05) is 43.3 Å². The van der Waals surface area contributed by atoms with Gasteiger partial charge in [0.05, 0.1) is 26.9 Å². The molecule has 1 heterocycles. The summed E-state index contributed by atoms with van der Waals surface area (Å²) in [5.41, 5.74) is 1.79. The molecule has 2 aromatic rings. The van der Waals surface area contributed by atoms with Crippen LogP contribution in [0.5, 0.6) is 23.0 Å². The molecule has 27 heavy (non-hydrogen) atoms. The van der Waals surface area contributed by atoms with Gasteiger partial charge in [-0.2, -0.15) is 0 Å². The Bertz CT molecular complexity index is 747. The molecule has 146 valence electrons. The second-order valence-electron chi connectivity index (χ2n) is 6.37. The lowest BCUT2D eigenvalue weighted by Gasteiger charge is -2.33. The topological polar surface area (TPSA) is 60.4 Å². The first-order valence-corrected chi connectivity index (χ1v) is 9.16. The van der Waals surface area contributed by atoms with Crippen LogP contribution in [0, 0.1) is 0 Å². The summed E-state index contributed by atoms with van der Waals surface area (Å²) in [6, 6.07) is 11.3. The van der Waals surface area contributed by atoms with E-state index in [0.29, 0.717) is 38.6 Å². The summed E-state index contributed by atoms with van der Waals surface area (Å²) >= 11 is 0. The van der Waals surface area contributed by atoms with Gasteiger partial charge in [0.15, 0.2) is 0 Å². The first-order valence-electron chi connectivity index (χ1n) is 9.16. The van der Waals surface area contributed by atoms with Crippen molar-refractivity contribution in [3.63, 3.8) is 0 Å². The van der Waals surface area contributed by atoms with Crippen molar-refractivity contribution in [3.8, 4) is 23.0 Å². The number of ether oxygens (including phenoxy) is 4. The van der Waals surface area contributed by atoms with E-state index < -0.39 is 6.10 Å². The summed E-state index contributed by atoms with van der Waals surface area (Å²) in [5, 5.41) is 10.6. The predicted octanol–water partition coefficient (Wildman–Crippen LogP) is 3.03. The lowest BCUT2D eigenvalue weighted by Crippen LogP contribution is -2.36. The fourth-order valence-corrected chi connectivity index (χ4v) is 3.41. The van der Waals surface area contributed by atoms with Gasteiger partial charge < -0.3 is 24.1 Å². The minimum atomic E-state index is -0.621. The lowest BCUT2D eigenvalue weighted by atomic mass is 9.95. The van der Waals surface area contributed by atoms with Gasteiger partial charge in [-0.1, -0.05) is 0 Å². The van der Waals surface area contributed by atoms with Crippen molar-refractivity contribution in [1.29, 1.82) is 0 Å². The van der Waals surface area contributed by atoms with Gasteiger partial charge in [-0.3, -0.25) is 4.90 Å². The Balaban J connectivity index is 1.61. The third kappa shape index (κ3) is 4.46. The molecule has 2 aromatic carbocycles. The lowest BCUT2D eigenvalue weighted by molar-refractivity contribution is 0.0795. The zero-order chi connectivity index (χ0) is 19.2. The predicted molar refractivity (Wildman–Crippen MR) is 103 cm³/mol. The van der Waals surface area contributed by atoms with E-state index in [4.69, 9.17) is 18.9 Å². The number of rotatable bonds is 8. The smallest absolute Gasteiger partial charge is 0.125 e. The highest BCUT2D eigenvalue weighted by atomic mass is 16.5. The Morgan fingerprint density at radius 3 is 2.22 bits per heavy atom. The number of hydrogen-bond donors (Lipinski definition) is 1. The largest absolute Gasteiger partial charge is 0.496 e. The van der Waals surface area contributed by atoms with E-state index in [-0.39, 0.29) is 0 Å². The van der Waals surface area contributed by atoms with Crippen LogP contribution < -0.4 is 18.9 Å². The number of nitrogens with zero attached hydrogens (tertiary/aromatic N) is 1. The van der Waals surface area contributed by atoms with Gasteiger partial charge in [-0.15, -0.1) is 0 Å². The van der Waals surface area contributed by atoms with Crippen LogP contribution in [0.25, 0.3) is 0 Å². The highest BCUT2D eigenvalue weighted by Crippen LogP contribution is 2.39. The van der Waals surface area contributed by atoms with E-state index in [9.17, 15) is 5.11 Å². The Morgan fingerprint density at radius 1 is 0.963 bits per heavy atom. The van der Waals surface area contributed by atoms with E-state index in [1.165, 1.54) is 0 Å². The fraction of sp³-hybridized carbons (Fsp3) is 0.429. The Labute approximate surface area is 160 Å². The molecule has 1 aliphatic rings. The number of benzene rings is 2. The molecule has 0 saturated heterocycles. The molecule has 0 bridgehead atoms. The average Bonchev–Trinajstić information content (AvgIpc) is 2.68. The summed E-state index contributed by atoms with van der Waals surface area (Å²) < 4.78 is 22.2. The van der Waals surface area contributed by atoms with E-state index in [0.717, 1.165) is 28.4 Å². The monoisotopic (exact) mass is 373 g/mol. The summed E-state index contributed by atoms with van der Waals surface area (Å²) in [7, 11) is 3.26. The number of aliphatic hydroxyl groups excluding tert-OH is 1. The maximum atomic E-state index is 10.6. The zero-order valence-corrected chi connectivity index (χ0v) is 16.1. The van der Waals surface area contributed by atoms with Crippen molar-refractivity contribution in [2.45, 2.75) is 19.6 Å². The van der Waals surface area contributed by atoms with Crippen LogP contribution in [0.15, 0.2) is 36.4 Å². The van der Waals surface area contributed by atoms with Gasteiger partial charge in [-0.05, 0) is 43.3 Å². The van der Waals surface area contributed by atoms with Crippen molar-refractivity contribution in [3.05, 3.63) is 47.5 Å².